The second kappa shape index (κ2) is 5.19. The Morgan fingerprint density at radius 1 is 1.21 bits per heavy atom. The summed E-state index contributed by atoms with van der Waals surface area (Å²) in [6.45, 7) is 0. The monoisotopic (exact) mass is 295 g/mol. The fraction of sp³-hybridized carbons (Fsp3) is 0.250. The van der Waals surface area contributed by atoms with Crippen molar-refractivity contribution in [1.29, 1.82) is 0 Å². The Morgan fingerprint density at radius 2 is 2.05 bits per heavy atom. The number of nitrogens with zero attached hydrogens (tertiary/aromatic N) is 3. The van der Waals surface area contributed by atoms with Crippen LogP contribution in [-0.4, -0.2) is 21.2 Å². The maximum atomic E-state index is 6.09. The maximum Gasteiger partial charge on any atom is 0.244 e. The lowest BCUT2D eigenvalue weighted by Crippen LogP contribution is -2.07. The molecule has 0 amide bonds. The molecule has 0 radical (unpaired) electrons. The van der Waals surface area contributed by atoms with Gasteiger partial charge in [0.1, 0.15) is 0 Å². The van der Waals surface area contributed by atoms with Gasteiger partial charge in [0.05, 0.1) is 16.9 Å². The molecule has 0 saturated heterocycles. The molecule has 1 heterocycles. The molecular weight excluding hydrogens is 285 g/mol. The Balaban J connectivity index is 1.78. The zero-order valence-electron chi connectivity index (χ0n) is 9.90. The summed E-state index contributed by atoms with van der Waals surface area (Å²) in [6.07, 6.45) is 3.86. The molecule has 7 heteroatoms. The normalized spacial score (nSPS) is 14.2. The predicted molar refractivity (Wildman–Crippen MR) is 76.2 cm³/mol. The summed E-state index contributed by atoms with van der Waals surface area (Å²) in [6, 6.07) is 5.70. The fourth-order valence-corrected chi connectivity index (χ4v) is 2.02. The first-order valence-corrected chi connectivity index (χ1v) is 6.64. The van der Waals surface area contributed by atoms with Gasteiger partial charge in [0, 0.05) is 11.1 Å². The second-order valence-corrected chi connectivity index (χ2v) is 5.18. The lowest BCUT2D eigenvalue weighted by atomic mass is 10.3. The molecular formula is C12H11Cl2N5. The van der Waals surface area contributed by atoms with Crippen molar-refractivity contribution in [2.24, 2.45) is 0 Å². The minimum absolute atomic E-state index is 0.483. The lowest BCUT2D eigenvalue weighted by Gasteiger charge is -2.08. The average Bonchev–Trinajstić information content (AvgIpc) is 3.17. The molecule has 2 aromatic rings. The van der Waals surface area contributed by atoms with Crippen molar-refractivity contribution < 1.29 is 0 Å². The van der Waals surface area contributed by atoms with Crippen LogP contribution in [-0.2, 0) is 0 Å². The van der Waals surface area contributed by atoms with Gasteiger partial charge in [0.15, 0.2) is 5.82 Å². The highest BCUT2D eigenvalue weighted by Crippen LogP contribution is 2.28. The molecule has 0 aliphatic heterocycles. The molecule has 5 nitrogen and oxygen atoms in total. The first kappa shape index (κ1) is 12.4. The van der Waals surface area contributed by atoms with Crippen molar-refractivity contribution in [3.63, 3.8) is 0 Å². The number of hydrogen-bond donors (Lipinski definition) is 2. The second-order valence-electron chi connectivity index (χ2n) is 4.33. The Hall–Kier alpha value is -1.59. The number of rotatable bonds is 4. The number of aromatic nitrogens is 3. The molecule has 0 atom stereocenters. The van der Waals surface area contributed by atoms with Gasteiger partial charge in [-0.1, -0.05) is 23.2 Å². The van der Waals surface area contributed by atoms with Crippen LogP contribution in [0, 0.1) is 0 Å². The third-order valence-electron chi connectivity index (χ3n) is 2.66. The molecule has 1 aliphatic carbocycles. The molecule has 1 aromatic heterocycles. The van der Waals surface area contributed by atoms with Crippen LogP contribution in [0.3, 0.4) is 0 Å². The molecule has 3 rings (SSSR count). The van der Waals surface area contributed by atoms with Crippen molar-refractivity contribution in [1.82, 2.24) is 15.2 Å². The summed E-state index contributed by atoms with van der Waals surface area (Å²) in [4.78, 5) is 4.32. The molecule has 1 aromatic carbocycles. The van der Waals surface area contributed by atoms with Gasteiger partial charge in [-0.05, 0) is 31.0 Å². The zero-order chi connectivity index (χ0) is 13.2. The molecule has 0 bridgehead atoms. The third kappa shape index (κ3) is 3.24. The Kier molecular flexibility index (Phi) is 3.40. The number of nitrogens with one attached hydrogen (secondary N) is 2. The summed E-state index contributed by atoms with van der Waals surface area (Å²) in [7, 11) is 0. The summed E-state index contributed by atoms with van der Waals surface area (Å²) in [5.74, 6) is 1.11. The van der Waals surface area contributed by atoms with Crippen LogP contribution in [0.5, 0.6) is 0 Å². The Labute approximate surface area is 120 Å². The van der Waals surface area contributed by atoms with Gasteiger partial charge in [0.2, 0.25) is 5.95 Å². The summed E-state index contributed by atoms with van der Waals surface area (Å²) in [5.41, 5.74) is 0.726. The van der Waals surface area contributed by atoms with Gasteiger partial charge >= 0.3 is 0 Å². The smallest absolute Gasteiger partial charge is 0.244 e. The van der Waals surface area contributed by atoms with Crippen molar-refractivity contribution in [3.05, 3.63) is 34.4 Å². The first-order valence-electron chi connectivity index (χ1n) is 5.89. The van der Waals surface area contributed by atoms with Crippen molar-refractivity contribution in [2.75, 3.05) is 10.6 Å². The van der Waals surface area contributed by atoms with Crippen LogP contribution in [0.2, 0.25) is 10.0 Å². The van der Waals surface area contributed by atoms with E-state index in [1.165, 1.54) is 0 Å². The highest BCUT2D eigenvalue weighted by molar-refractivity contribution is 6.36. The standard InChI is InChI=1S/C12H11Cl2N5/c13-7-1-4-10(9(14)5-7)17-11-6-15-19-12(18-11)16-8-2-3-8/h1,4-6,8H,2-3H2,(H2,16,17,18,19). The van der Waals surface area contributed by atoms with E-state index in [2.05, 4.69) is 25.8 Å². The van der Waals surface area contributed by atoms with Gasteiger partial charge in [-0.25, -0.2) is 0 Å². The van der Waals surface area contributed by atoms with Crippen LogP contribution in [0.25, 0.3) is 0 Å². The van der Waals surface area contributed by atoms with Gasteiger partial charge in [-0.2, -0.15) is 10.1 Å². The minimum Gasteiger partial charge on any atom is -0.350 e. The van der Waals surface area contributed by atoms with E-state index in [0.717, 1.165) is 18.5 Å². The van der Waals surface area contributed by atoms with E-state index < -0.39 is 0 Å². The first-order chi connectivity index (χ1) is 9.20. The molecule has 19 heavy (non-hydrogen) atoms. The van der Waals surface area contributed by atoms with Gasteiger partial charge in [-0.15, -0.1) is 5.10 Å². The van der Waals surface area contributed by atoms with Crippen LogP contribution in [0.1, 0.15) is 12.8 Å². The van der Waals surface area contributed by atoms with E-state index in [4.69, 9.17) is 23.2 Å². The molecule has 1 fully saturated rings. The fourth-order valence-electron chi connectivity index (χ4n) is 1.56. The largest absolute Gasteiger partial charge is 0.350 e. The van der Waals surface area contributed by atoms with E-state index in [9.17, 15) is 0 Å². The minimum atomic E-state index is 0.483. The summed E-state index contributed by atoms with van der Waals surface area (Å²) >= 11 is 11.9. The molecule has 1 aliphatic rings. The molecule has 0 spiro atoms. The zero-order valence-corrected chi connectivity index (χ0v) is 11.4. The van der Waals surface area contributed by atoms with Crippen LogP contribution in [0.15, 0.2) is 24.4 Å². The average molecular weight is 296 g/mol. The van der Waals surface area contributed by atoms with E-state index in [1.807, 2.05) is 0 Å². The lowest BCUT2D eigenvalue weighted by molar-refractivity contribution is 0.947. The van der Waals surface area contributed by atoms with E-state index in [0.29, 0.717) is 27.9 Å². The van der Waals surface area contributed by atoms with Crippen molar-refractivity contribution in [3.8, 4) is 0 Å². The van der Waals surface area contributed by atoms with Crippen molar-refractivity contribution >= 4 is 40.7 Å². The molecule has 1 saturated carbocycles. The van der Waals surface area contributed by atoms with Gasteiger partial charge < -0.3 is 10.6 Å². The van der Waals surface area contributed by atoms with Crippen LogP contribution < -0.4 is 10.6 Å². The van der Waals surface area contributed by atoms with Crippen molar-refractivity contribution in [2.45, 2.75) is 18.9 Å². The molecule has 98 valence electrons. The number of halogens is 2. The summed E-state index contributed by atoms with van der Waals surface area (Å²) < 4.78 is 0. The maximum absolute atomic E-state index is 6.09. The highest BCUT2D eigenvalue weighted by atomic mass is 35.5. The Bertz CT molecular complexity index is 600. The van der Waals surface area contributed by atoms with E-state index in [1.54, 1.807) is 24.4 Å². The number of hydrogen-bond acceptors (Lipinski definition) is 5. The quantitative estimate of drug-likeness (QED) is 0.904. The highest BCUT2D eigenvalue weighted by Gasteiger charge is 2.22. The SMILES string of the molecule is Clc1ccc(Nc2cnnc(NC3CC3)n2)c(Cl)c1. The third-order valence-corrected chi connectivity index (χ3v) is 3.21. The number of anilines is 3. The van der Waals surface area contributed by atoms with Gasteiger partial charge in [-0.3, -0.25) is 0 Å². The van der Waals surface area contributed by atoms with E-state index >= 15 is 0 Å². The topological polar surface area (TPSA) is 62.7 Å². The number of benzene rings is 1. The van der Waals surface area contributed by atoms with E-state index in [-0.39, 0.29) is 0 Å². The van der Waals surface area contributed by atoms with Gasteiger partial charge in [0.25, 0.3) is 0 Å². The van der Waals surface area contributed by atoms with Crippen LogP contribution >= 0.6 is 23.2 Å². The Morgan fingerprint density at radius 3 is 2.79 bits per heavy atom. The molecule has 0 unspecified atom stereocenters. The van der Waals surface area contributed by atoms with Crippen LogP contribution in [0.4, 0.5) is 17.5 Å². The predicted octanol–water partition coefficient (Wildman–Crippen LogP) is 3.50. The molecule has 2 N–H and O–H groups in total. The summed E-state index contributed by atoms with van der Waals surface area (Å²) in [5, 5.41) is 15.2.